The van der Waals surface area contributed by atoms with Crippen molar-refractivity contribution in [1.82, 2.24) is 9.13 Å². The van der Waals surface area contributed by atoms with Crippen LogP contribution < -0.4 is 0 Å². The fraction of sp³-hybridized carbons (Fsp3) is 1.00. The molecule has 0 amide bonds. The molecular formula is C4H11N2Si. The summed E-state index contributed by atoms with van der Waals surface area (Å²) in [5.41, 5.74) is 0. The molecule has 0 unspecified atom stereocenters. The summed E-state index contributed by atoms with van der Waals surface area (Å²) in [6.07, 6.45) is 0. The quantitative estimate of drug-likeness (QED) is 0.379. The Morgan fingerprint density at radius 2 is 1.57 bits per heavy atom. The van der Waals surface area contributed by atoms with Crippen LogP contribution >= 0.6 is 0 Å². The second kappa shape index (κ2) is 1.94. The van der Waals surface area contributed by atoms with Gasteiger partial charge in [0.2, 0.25) is 9.84 Å². The van der Waals surface area contributed by atoms with Crippen molar-refractivity contribution in [2.75, 3.05) is 27.2 Å². The average molecular weight is 115 g/mol. The third-order valence-electron chi connectivity index (χ3n) is 1.20. The topological polar surface area (TPSA) is 6.48 Å². The van der Waals surface area contributed by atoms with Crippen LogP contribution in [0.1, 0.15) is 0 Å². The lowest BCUT2D eigenvalue weighted by Crippen LogP contribution is -2.23. The van der Waals surface area contributed by atoms with Crippen molar-refractivity contribution in [3.8, 4) is 0 Å². The first kappa shape index (κ1) is 5.28. The molecule has 1 saturated heterocycles. The number of hydrogen-bond donors (Lipinski definition) is 0. The fourth-order valence-corrected chi connectivity index (χ4v) is 1.90. The van der Waals surface area contributed by atoms with Crippen LogP contribution in [0.15, 0.2) is 0 Å². The van der Waals surface area contributed by atoms with Gasteiger partial charge in [-0.05, 0) is 14.1 Å². The van der Waals surface area contributed by atoms with Gasteiger partial charge >= 0.3 is 0 Å². The van der Waals surface area contributed by atoms with E-state index in [-0.39, 0.29) is 0 Å². The fourth-order valence-electron chi connectivity index (χ4n) is 0.767. The van der Waals surface area contributed by atoms with Crippen LogP contribution in [0.2, 0.25) is 0 Å². The van der Waals surface area contributed by atoms with Crippen LogP contribution in [0.5, 0.6) is 0 Å². The molecule has 0 atom stereocenters. The van der Waals surface area contributed by atoms with Crippen molar-refractivity contribution in [3.05, 3.63) is 0 Å². The SMILES string of the molecule is CN1CCN(C)[SiH]1. The molecular weight excluding hydrogens is 104 g/mol. The summed E-state index contributed by atoms with van der Waals surface area (Å²) in [6.45, 7) is 2.54. The Kier molecular flexibility index (Phi) is 1.46. The van der Waals surface area contributed by atoms with Gasteiger partial charge in [-0.25, -0.2) is 0 Å². The lowest BCUT2D eigenvalue weighted by molar-refractivity contribution is 0.553. The second-order valence-corrected chi connectivity index (χ2v) is 4.07. The molecule has 0 aliphatic carbocycles. The lowest BCUT2D eigenvalue weighted by atomic mass is 10.6. The van der Waals surface area contributed by atoms with Crippen LogP contribution in [-0.2, 0) is 0 Å². The van der Waals surface area contributed by atoms with E-state index < -0.39 is 0 Å². The number of rotatable bonds is 0. The molecule has 7 heavy (non-hydrogen) atoms. The largest absolute Gasteiger partial charge is 0.316 e. The van der Waals surface area contributed by atoms with Gasteiger partial charge in [-0.1, -0.05) is 0 Å². The number of likely N-dealkylation sites (N-methyl/N-ethyl adjacent to an activating group) is 2. The normalized spacial score (nSPS) is 26.6. The minimum absolute atomic E-state index is 0.491. The van der Waals surface area contributed by atoms with Gasteiger partial charge in [-0.15, -0.1) is 0 Å². The molecule has 1 heterocycles. The molecule has 3 heteroatoms. The Morgan fingerprint density at radius 3 is 1.71 bits per heavy atom. The average Bonchev–Trinajstić information content (AvgIpc) is 1.87. The van der Waals surface area contributed by atoms with Gasteiger partial charge in [0.25, 0.3) is 0 Å². The van der Waals surface area contributed by atoms with Crippen LogP contribution in [0.25, 0.3) is 0 Å². The van der Waals surface area contributed by atoms with E-state index in [1.165, 1.54) is 13.1 Å². The minimum Gasteiger partial charge on any atom is -0.316 e. The van der Waals surface area contributed by atoms with Gasteiger partial charge < -0.3 is 9.13 Å². The van der Waals surface area contributed by atoms with E-state index in [4.69, 9.17) is 0 Å². The first-order chi connectivity index (χ1) is 3.29. The highest BCUT2D eigenvalue weighted by atomic mass is 28.2. The third-order valence-corrected chi connectivity index (χ3v) is 2.50. The molecule has 1 radical (unpaired) electrons. The van der Waals surface area contributed by atoms with Crippen LogP contribution in [0, 0.1) is 0 Å². The van der Waals surface area contributed by atoms with E-state index in [1.807, 2.05) is 0 Å². The van der Waals surface area contributed by atoms with Crippen LogP contribution in [-0.4, -0.2) is 46.2 Å². The molecule has 0 saturated carbocycles. The summed E-state index contributed by atoms with van der Waals surface area (Å²) in [4.78, 5) is 0. The van der Waals surface area contributed by atoms with Gasteiger partial charge in [0, 0.05) is 13.1 Å². The van der Waals surface area contributed by atoms with Gasteiger partial charge in [0.05, 0.1) is 0 Å². The Morgan fingerprint density at radius 1 is 1.14 bits per heavy atom. The van der Waals surface area contributed by atoms with E-state index in [0.717, 1.165) is 0 Å². The molecule has 1 aliphatic heterocycles. The summed E-state index contributed by atoms with van der Waals surface area (Å²) in [6, 6.07) is 0. The predicted molar refractivity (Wildman–Crippen MR) is 32.4 cm³/mol. The van der Waals surface area contributed by atoms with E-state index in [9.17, 15) is 0 Å². The molecule has 0 aromatic rings. The van der Waals surface area contributed by atoms with E-state index in [1.54, 1.807) is 0 Å². The Bertz CT molecular complexity index is 58.7. The van der Waals surface area contributed by atoms with Crippen molar-refractivity contribution in [2.45, 2.75) is 0 Å². The monoisotopic (exact) mass is 115 g/mol. The maximum absolute atomic E-state index is 2.39. The molecule has 0 N–H and O–H groups in total. The number of nitrogens with zero attached hydrogens (tertiary/aromatic N) is 2. The van der Waals surface area contributed by atoms with Crippen molar-refractivity contribution in [2.24, 2.45) is 0 Å². The maximum atomic E-state index is 2.39. The zero-order valence-electron chi connectivity index (χ0n) is 4.89. The highest BCUT2D eigenvalue weighted by Crippen LogP contribution is 1.92. The van der Waals surface area contributed by atoms with Crippen LogP contribution in [0.3, 0.4) is 0 Å². The van der Waals surface area contributed by atoms with Crippen molar-refractivity contribution in [3.63, 3.8) is 0 Å². The molecule has 0 spiro atoms. The minimum atomic E-state index is 0.491. The highest BCUT2D eigenvalue weighted by Gasteiger charge is 2.11. The molecule has 0 bridgehead atoms. The molecule has 1 aliphatic rings. The summed E-state index contributed by atoms with van der Waals surface area (Å²) in [5, 5.41) is 0. The van der Waals surface area contributed by atoms with E-state index in [2.05, 4.69) is 23.2 Å². The van der Waals surface area contributed by atoms with Gasteiger partial charge in [-0.3, -0.25) is 0 Å². The standard InChI is InChI=1S/C4H11N2Si/c1-5-3-4-6(2)7-5/h7H,3-4H2,1-2H3. The first-order valence-corrected chi connectivity index (χ1v) is 3.58. The van der Waals surface area contributed by atoms with Crippen molar-refractivity contribution < 1.29 is 0 Å². The van der Waals surface area contributed by atoms with E-state index >= 15 is 0 Å². The molecule has 0 aromatic heterocycles. The predicted octanol–water partition coefficient (Wildman–Crippen LogP) is -0.870. The molecule has 1 rings (SSSR count). The number of hydrogen-bond acceptors (Lipinski definition) is 2. The summed E-state index contributed by atoms with van der Waals surface area (Å²) >= 11 is 0. The van der Waals surface area contributed by atoms with Crippen molar-refractivity contribution >= 4 is 9.84 Å². The van der Waals surface area contributed by atoms with Gasteiger partial charge in [0.1, 0.15) is 0 Å². The van der Waals surface area contributed by atoms with E-state index in [0.29, 0.717) is 9.84 Å². The second-order valence-electron chi connectivity index (χ2n) is 2.08. The Balaban J connectivity index is 2.26. The summed E-state index contributed by atoms with van der Waals surface area (Å²) < 4.78 is 4.78. The zero-order valence-corrected chi connectivity index (χ0v) is 6.04. The molecule has 2 nitrogen and oxygen atoms in total. The molecule has 1 fully saturated rings. The first-order valence-electron chi connectivity index (χ1n) is 2.54. The highest BCUT2D eigenvalue weighted by molar-refractivity contribution is 6.29. The Labute approximate surface area is 47.1 Å². The smallest absolute Gasteiger partial charge is 0.209 e. The lowest BCUT2D eigenvalue weighted by Gasteiger charge is -2.03. The molecule has 0 aromatic carbocycles. The summed E-state index contributed by atoms with van der Waals surface area (Å²) in [7, 11) is 4.85. The third kappa shape index (κ3) is 1.26. The van der Waals surface area contributed by atoms with Crippen LogP contribution in [0.4, 0.5) is 0 Å². The van der Waals surface area contributed by atoms with Gasteiger partial charge in [0.15, 0.2) is 0 Å². The zero-order chi connectivity index (χ0) is 5.28. The maximum Gasteiger partial charge on any atom is 0.209 e. The van der Waals surface area contributed by atoms with Crippen molar-refractivity contribution in [1.29, 1.82) is 0 Å². The summed E-state index contributed by atoms with van der Waals surface area (Å²) in [5.74, 6) is 0. The molecule has 41 valence electrons. The Hall–Kier alpha value is 0.137. The van der Waals surface area contributed by atoms with Gasteiger partial charge in [-0.2, -0.15) is 0 Å².